The standard InChI is InChI=1S/C27H38OS2/c1-2-3-4-5-6-7-8-15-21-26(29-22-16-23-30-26)27(28,24-17-11-9-12-18-24)25-19-13-10-14-20-25/h9-14,17-20,28H,2-8,15-16,21-23H2,1H3. The number of aliphatic hydroxyl groups is 1. The van der Waals surface area contributed by atoms with Gasteiger partial charge < -0.3 is 5.11 Å². The molecule has 0 amide bonds. The van der Waals surface area contributed by atoms with E-state index in [1.54, 1.807) is 0 Å². The fourth-order valence-corrected chi connectivity index (χ4v) is 8.29. The molecule has 2 aromatic rings. The molecule has 1 nitrogen and oxygen atoms in total. The van der Waals surface area contributed by atoms with E-state index in [0.717, 1.165) is 29.1 Å². The predicted octanol–water partition coefficient (Wildman–Crippen LogP) is 8.02. The van der Waals surface area contributed by atoms with E-state index in [-0.39, 0.29) is 4.08 Å². The first-order chi connectivity index (χ1) is 14.7. The van der Waals surface area contributed by atoms with E-state index in [9.17, 15) is 5.11 Å². The molecule has 1 aliphatic heterocycles. The normalized spacial score (nSPS) is 16.5. The molecule has 1 saturated heterocycles. The summed E-state index contributed by atoms with van der Waals surface area (Å²) in [5.41, 5.74) is 1.07. The maximum Gasteiger partial charge on any atom is 0.138 e. The van der Waals surface area contributed by atoms with Crippen LogP contribution >= 0.6 is 23.5 Å². The molecule has 1 fully saturated rings. The van der Waals surface area contributed by atoms with Crippen LogP contribution in [0.15, 0.2) is 60.7 Å². The number of thioether (sulfide) groups is 2. The lowest BCUT2D eigenvalue weighted by atomic mass is 9.81. The molecule has 0 spiro atoms. The minimum atomic E-state index is -0.980. The summed E-state index contributed by atoms with van der Waals surface area (Å²) >= 11 is 3.99. The Balaban J connectivity index is 1.78. The highest BCUT2D eigenvalue weighted by atomic mass is 32.2. The topological polar surface area (TPSA) is 20.2 Å². The monoisotopic (exact) mass is 442 g/mol. The van der Waals surface area contributed by atoms with E-state index in [1.165, 1.54) is 57.8 Å². The van der Waals surface area contributed by atoms with Crippen molar-refractivity contribution in [2.75, 3.05) is 11.5 Å². The summed E-state index contributed by atoms with van der Waals surface area (Å²) in [6.07, 6.45) is 12.9. The van der Waals surface area contributed by atoms with Crippen LogP contribution in [0.1, 0.15) is 82.3 Å². The van der Waals surface area contributed by atoms with Crippen LogP contribution in [0.4, 0.5) is 0 Å². The van der Waals surface area contributed by atoms with Gasteiger partial charge in [-0.15, -0.1) is 23.5 Å². The largest absolute Gasteiger partial charge is 0.378 e. The Labute approximate surface area is 192 Å². The summed E-state index contributed by atoms with van der Waals surface area (Å²) in [5.74, 6) is 2.26. The van der Waals surface area contributed by atoms with Gasteiger partial charge in [0.2, 0.25) is 0 Å². The van der Waals surface area contributed by atoms with Gasteiger partial charge in [0, 0.05) is 0 Å². The molecule has 1 N–H and O–H groups in total. The van der Waals surface area contributed by atoms with Crippen LogP contribution in [0.2, 0.25) is 0 Å². The molecule has 30 heavy (non-hydrogen) atoms. The molecule has 0 aromatic heterocycles. The summed E-state index contributed by atoms with van der Waals surface area (Å²) in [6, 6.07) is 20.8. The minimum Gasteiger partial charge on any atom is -0.378 e. The maximum atomic E-state index is 12.5. The average molecular weight is 443 g/mol. The first-order valence-electron chi connectivity index (χ1n) is 11.8. The summed E-state index contributed by atoms with van der Waals surface area (Å²) in [6.45, 7) is 2.28. The third-order valence-corrected chi connectivity index (χ3v) is 9.88. The van der Waals surface area contributed by atoms with Gasteiger partial charge in [0.15, 0.2) is 0 Å². The second-order valence-corrected chi connectivity index (χ2v) is 11.5. The molecule has 3 rings (SSSR count). The third kappa shape index (κ3) is 5.66. The first kappa shape index (κ1) is 23.8. The highest BCUT2D eigenvalue weighted by molar-refractivity contribution is 8.18. The van der Waals surface area contributed by atoms with Crippen LogP contribution in [-0.2, 0) is 5.60 Å². The van der Waals surface area contributed by atoms with Gasteiger partial charge in [0.1, 0.15) is 5.60 Å². The Morgan fingerprint density at radius 2 is 1.20 bits per heavy atom. The molecule has 164 valence electrons. The fraction of sp³-hybridized carbons (Fsp3) is 0.556. The van der Waals surface area contributed by atoms with Crippen LogP contribution in [0.3, 0.4) is 0 Å². The average Bonchev–Trinajstić information content (AvgIpc) is 2.82. The van der Waals surface area contributed by atoms with E-state index in [2.05, 4.69) is 55.5 Å². The van der Waals surface area contributed by atoms with Crippen molar-refractivity contribution in [2.24, 2.45) is 0 Å². The van der Waals surface area contributed by atoms with Gasteiger partial charge in [0.05, 0.1) is 4.08 Å². The van der Waals surface area contributed by atoms with Crippen molar-refractivity contribution in [2.45, 2.75) is 80.8 Å². The van der Waals surface area contributed by atoms with E-state index in [0.29, 0.717) is 0 Å². The van der Waals surface area contributed by atoms with Gasteiger partial charge in [-0.25, -0.2) is 0 Å². The maximum absolute atomic E-state index is 12.5. The van der Waals surface area contributed by atoms with E-state index in [1.807, 2.05) is 35.7 Å². The summed E-state index contributed by atoms with van der Waals surface area (Å²) in [5, 5.41) is 12.5. The second-order valence-electron chi connectivity index (χ2n) is 8.47. The Morgan fingerprint density at radius 3 is 1.70 bits per heavy atom. The van der Waals surface area contributed by atoms with Gasteiger partial charge in [-0.2, -0.15) is 0 Å². The van der Waals surface area contributed by atoms with Crippen molar-refractivity contribution in [3.05, 3.63) is 71.8 Å². The van der Waals surface area contributed by atoms with Crippen LogP contribution < -0.4 is 0 Å². The zero-order valence-electron chi connectivity index (χ0n) is 18.5. The number of hydrogen-bond donors (Lipinski definition) is 1. The van der Waals surface area contributed by atoms with Gasteiger partial charge in [-0.1, -0.05) is 119 Å². The van der Waals surface area contributed by atoms with Gasteiger partial charge in [-0.05, 0) is 35.5 Å². The Kier molecular flexibility index (Phi) is 9.67. The Morgan fingerprint density at radius 1 is 0.733 bits per heavy atom. The molecule has 1 aliphatic rings. The predicted molar refractivity (Wildman–Crippen MR) is 135 cm³/mol. The van der Waals surface area contributed by atoms with Gasteiger partial charge in [-0.3, -0.25) is 0 Å². The van der Waals surface area contributed by atoms with Crippen molar-refractivity contribution in [3.63, 3.8) is 0 Å². The Hall–Kier alpha value is -0.900. The number of unbranched alkanes of at least 4 members (excludes halogenated alkanes) is 7. The first-order valence-corrected chi connectivity index (χ1v) is 13.8. The van der Waals surface area contributed by atoms with Gasteiger partial charge >= 0.3 is 0 Å². The number of benzene rings is 2. The molecule has 0 saturated carbocycles. The minimum absolute atomic E-state index is 0.226. The van der Waals surface area contributed by atoms with Crippen molar-refractivity contribution in [1.82, 2.24) is 0 Å². The molecule has 0 aliphatic carbocycles. The van der Waals surface area contributed by atoms with Crippen molar-refractivity contribution in [1.29, 1.82) is 0 Å². The second kappa shape index (κ2) is 12.2. The lowest BCUT2D eigenvalue weighted by molar-refractivity contribution is 0.0630. The number of rotatable bonds is 12. The SMILES string of the molecule is CCCCCCCCCCC1(C(O)(c2ccccc2)c2ccccc2)SCCCS1. The molecular formula is C27H38OS2. The molecule has 0 bridgehead atoms. The zero-order valence-corrected chi connectivity index (χ0v) is 20.2. The quantitative estimate of drug-likeness (QED) is 0.336. The van der Waals surface area contributed by atoms with Crippen LogP contribution in [0.25, 0.3) is 0 Å². The van der Waals surface area contributed by atoms with E-state index < -0.39 is 5.60 Å². The zero-order chi connectivity index (χ0) is 21.1. The van der Waals surface area contributed by atoms with E-state index >= 15 is 0 Å². The molecular weight excluding hydrogens is 404 g/mol. The highest BCUT2D eigenvalue weighted by Gasteiger charge is 2.53. The molecule has 2 aromatic carbocycles. The molecule has 1 heterocycles. The fourth-order valence-electron chi connectivity index (χ4n) is 4.57. The van der Waals surface area contributed by atoms with Crippen LogP contribution in [-0.4, -0.2) is 20.7 Å². The lowest BCUT2D eigenvalue weighted by Crippen LogP contribution is -2.49. The van der Waals surface area contributed by atoms with Crippen LogP contribution in [0.5, 0.6) is 0 Å². The molecule has 0 unspecified atom stereocenters. The van der Waals surface area contributed by atoms with Crippen molar-refractivity contribution >= 4 is 23.5 Å². The van der Waals surface area contributed by atoms with Gasteiger partial charge in [0.25, 0.3) is 0 Å². The third-order valence-electron chi connectivity index (χ3n) is 6.25. The summed E-state index contributed by atoms with van der Waals surface area (Å²) < 4.78 is -0.226. The molecule has 0 radical (unpaired) electrons. The van der Waals surface area contributed by atoms with Crippen molar-refractivity contribution < 1.29 is 5.11 Å². The summed E-state index contributed by atoms with van der Waals surface area (Å²) in [7, 11) is 0. The highest BCUT2D eigenvalue weighted by Crippen LogP contribution is 2.58. The lowest BCUT2D eigenvalue weighted by Gasteiger charge is -2.49. The summed E-state index contributed by atoms with van der Waals surface area (Å²) in [4.78, 5) is 0. The Bertz CT molecular complexity index is 671. The number of hydrogen-bond acceptors (Lipinski definition) is 3. The van der Waals surface area contributed by atoms with Crippen LogP contribution in [0, 0.1) is 0 Å². The van der Waals surface area contributed by atoms with E-state index in [4.69, 9.17) is 0 Å². The smallest absolute Gasteiger partial charge is 0.138 e. The molecule has 3 heteroatoms. The van der Waals surface area contributed by atoms with Crippen molar-refractivity contribution in [3.8, 4) is 0 Å². The molecule has 0 atom stereocenters.